The summed E-state index contributed by atoms with van der Waals surface area (Å²) in [6, 6.07) is 12.9. The summed E-state index contributed by atoms with van der Waals surface area (Å²) >= 11 is 0. The second kappa shape index (κ2) is 27.1. The van der Waals surface area contributed by atoms with Crippen LogP contribution in [0, 0.1) is 35.5 Å². The summed E-state index contributed by atoms with van der Waals surface area (Å²) in [5.41, 5.74) is 12.3. The number of ketones is 1. The molecule has 0 aliphatic carbocycles. The quantitative estimate of drug-likeness (QED) is 0.0993. The number of hydrogen-bond donors (Lipinski definition) is 9. The van der Waals surface area contributed by atoms with Crippen LogP contribution >= 0.6 is 0 Å². The van der Waals surface area contributed by atoms with Gasteiger partial charge < -0.3 is 46.0 Å². The van der Waals surface area contributed by atoms with Crippen LogP contribution in [-0.2, 0) is 63.7 Å². The van der Waals surface area contributed by atoms with E-state index in [2.05, 4.69) is 56.2 Å². The minimum absolute atomic E-state index is 0.0311. The van der Waals surface area contributed by atoms with Crippen LogP contribution in [0.4, 0.5) is 0 Å². The first kappa shape index (κ1) is 58.1. The lowest BCUT2D eigenvalue weighted by molar-refractivity contribution is -0.129. The summed E-state index contributed by atoms with van der Waals surface area (Å²) in [4.78, 5) is 20.0. The second-order valence-electron chi connectivity index (χ2n) is 22.9. The number of hydrogen-bond acceptors (Lipinski definition) is 13. The standard InChI is InChI=1S/2C19H29NO3.C19H27NO3.C2H6O/c3*1-12(2)5-14-9-20-4-3-13-6-15(10-21)16(11-22)7-17(13)18(20)8-19(14)23;1-2-3/h2*6-7,12,14,18-19,21-23H,3-5,8-11H2,1-2H3;6-7,12,14,18,21-22H,3-5,8-11H2,1-2H3;3H,2H2,1H3/t2*14-,18-,19+;;/m10../s1. The molecular weight excluding hydrogens is 911 g/mol. The molecule has 13 heteroatoms. The molecule has 0 spiro atoms. The minimum atomic E-state index is -0.250. The molecule has 8 atom stereocenters. The van der Waals surface area contributed by atoms with E-state index in [-0.39, 0.29) is 82.5 Å². The molecule has 3 aromatic rings. The van der Waals surface area contributed by atoms with Gasteiger partial charge in [0.05, 0.1) is 51.8 Å². The molecule has 6 aliphatic heterocycles. The summed E-state index contributed by atoms with van der Waals surface area (Å²) in [7, 11) is 0. The van der Waals surface area contributed by atoms with E-state index in [0.29, 0.717) is 41.8 Å². The summed E-state index contributed by atoms with van der Waals surface area (Å²) in [6.45, 7) is 20.7. The Morgan fingerprint density at radius 1 is 0.472 bits per heavy atom. The van der Waals surface area contributed by atoms with Crippen LogP contribution in [0.5, 0.6) is 0 Å². The van der Waals surface area contributed by atoms with Gasteiger partial charge in [0, 0.05) is 76.3 Å². The topological polar surface area (TPSA) is 209 Å². The molecule has 402 valence electrons. The van der Waals surface area contributed by atoms with Gasteiger partial charge in [-0.15, -0.1) is 0 Å². The molecule has 0 aromatic heterocycles. The highest BCUT2D eigenvalue weighted by Crippen LogP contribution is 2.43. The molecule has 0 amide bonds. The predicted molar refractivity (Wildman–Crippen MR) is 281 cm³/mol. The van der Waals surface area contributed by atoms with E-state index in [9.17, 15) is 45.6 Å². The summed E-state index contributed by atoms with van der Waals surface area (Å²) in [5.74, 6) is 3.04. The normalized spacial score (nSPS) is 25.9. The number of nitrogens with zero attached hydrogens (tertiary/aromatic N) is 3. The average molecular weight is 1000 g/mol. The van der Waals surface area contributed by atoms with Crippen LogP contribution < -0.4 is 0 Å². The van der Waals surface area contributed by atoms with Crippen LogP contribution in [0.25, 0.3) is 0 Å². The van der Waals surface area contributed by atoms with E-state index in [1.807, 2.05) is 36.4 Å². The van der Waals surface area contributed by atoms with E-state index in [1.165, 1.54) is 33.4 Å². The molecule has 6 aliphatic rings. The fourth-order valence-electron chi connectivity index (χ4n) is 12.9. The van der Waals surface area contributed by atoms with Gasteiger partial charge in [-0.1, -0.05) is 77.9 Å². The third kappa shape index (κ3) is 14.0. The van der Waals surface area contributed by atoms with Crippen LogP contribution in [0.15, 0.2) is 36.4 Å². The van der Waals surface area contributed by atoms with Gasteiger partial charge in [0.15, 0.2) is 0 Å². The Bertz CT molecular complexity index is 2120. The fourth-order valence-corrected chi connectivity index (χ4v) is 12.9. The number of rotatable bonds is 12. The number of Topliss-reactive ketones (excluding diaryl/α,β-unsaturated/α-hetero) is 1. The van der Waals surface area contributed by atoms with Gasteiger partial charge in [-0.3, -0.25) is 19.5 Å². The number of fused-ring (bicyclic) bond motifs is 9. The van der Waals surface area contributed by atoms with Crippen molar-refractivity contribution in [3.8, 4) is 0 Å². The molecule has 9 rings (SSSR count). The maximum Gasteiger partial charge on any atom is 0.139 e. The maximum atomic E-state index is 12.6. The van der Waals surface area contributed by atoms with Gasteiger partial charge in [-0.05, 0) is 155 Å². The first-order valence-corrected chi connectivity index (χ1v) is 27.3. The number of aliphatic hydroxyl groups is 9. The summed E-state index contributed by atoms with van der Waals surface area (Å²) in [6.07, 6.45) is 7.65. The molecule has 0 saturated carbocycles. The number of carbonyl (C=O) groups is 1. The van der Waals surface area contributed by atoms with Crippen molar-refractivity contribution >= 4 is 5.78 Å². The summed E-state index contributed by atoms with van der Waals surface area (Å²) < 4.78 is 0. The van der Waals surface area contributed by atoms with Crippen LogP contribution in [-0.4, -0.2) is 125 Å². The highest BCUT2D eigenvalue weighted by Gasteiger charge is 2.41. The second-order valence-corrected chi connectivity index (χ2v) is 22.9. The Balaban J connectivity index is 0.000000172. The first-order chi connectivity index (χ1) is 34.5. The average Bonchev–Trinajstić information content (AvgIpc) is 3.36. The fraction of sp³-hybridized carbons (Fsp3) is 0.678. The Kier molecular flexibility index (Phi) is 21.8. The van der Waals surface area contributed by atoms with Gasteiger partial charge in [0.25, 0.3) is 0 Å². The van der Waals surface area contributed by atoms with Crippen molar-refractivity contribution in [2.45, 2.75) is 176 Å². The zero-order chi connectivity index (χ0) is 52.4. The smallest absolute Gasteiger partial charge is 0.139 e. The van der Waals surface area contributed by atoms with Crippen molar-refractivity contribution in [2.24, 2.45) is 35.5 Å². The number of aliphatic hydroxyl groups excluding tert-OH is 9. The Morgan fingerprint density at radius 2 is 0.778 bits per heavy atom. The Labute approximate surface area is 430 Å². The molecule has 0 radical (unpaired) electrons. The largest absolute Gasteiger partial charge is 0.397 e. The molecule has 0 bridgehead atoms. The van der Waals surface area contributed by atoms with Crippen molar-refractivity contribution in [1.29, 1.82) is 0 Å². The zero-order valence-electron chi connectivity index (χ0n) is 44.6. The SMILES string of the molecule is CC(C)CC1CN2CCc3cc(CO)c(CO)cc3C2CC1=O.CC(C)C[C@@H]1CN2CCc3cc(CO)c(CO)cc3[C@H]2C[C@@H]1O.CC(C)C[C@H]1CN2CCc3cc(CO)c(CO)cc3[C@@H]2C[C@H]1O.CCO. The Morgan fingerprint density at radius 3 is 1.10 bits per heavy atom. The molecule has 3 saturated heterocycles. The van der Waals surface area contributed by atoms with E-state index < -0.39 is 0 Å². The van der Waals surface area contributed by atoms with Crippen LogP contribution in [0.1, 0.15) is 172 Å². The van der Waals surface area contributed by atoms with Crippen molar-refractivity contribution in [3.63, 3.8) is 0 Å². The van der Waals surface area contributed by atoms with Gasteiger partial charge >= 0.3 is 0 Å². The summed E-state index contributed by atoms with van der Waals surface area (Å²) in [5, 5.41) is 85.9. The molecular formula is C59H91N3O10. The zero-order valence-corrected chi connectivity index (χ0v) is 44.6. The van der Waals surface area contributed by atoms with Gasteiger partial charge in [-0.25, -0.2) is 0 Å². The minimum Gasteiger partial charge on any atom is -0.397 e. The Hall–Kier alpha value is -3.15. The monoisotopic (exact) mass is 1000 g/mol. The lowest BCUT2D eigenvalue weighted by Crippen LogP contribution is -2.48. The van der Waals surface area contributed by atoms with E-state index in [4.69, 9.17) is 5.11 Å². The molecule has 72 heavy (non-hydrogen) atoms. The number of piperidine rings is 3. The van der Waals surface area contributed by atoms with Crippen LogP contribution in [0.3, 0.4) is 0 Å². The van der Waals surface area contributed by atoms with Crippen molar-refractivity contribution in [3.05, 3.63) is 103 Å². The highest BCUT2D eigenvalue weighted by atomic mass is 16.3. The van der Waals surface area contributed by atoms with Crippen molar-refractivity contribution in [1.82, 2.24) is 14.7 Å². The molecule has 3 aromatic carbocycles. The molecule has 9 N–H and O–H groups in total. The van der Waals surface area contributed by atoms with E-state index in [1.54, 1.807) is 6.92 Å². The number of carbonyl (C=O) groups excluding carboxylic acids is 1. The third-order valence-electron chi connectivity index (χ3n) is 16.4. The van der Waals surface area contributed by atoms with E-state index in [0.717, 1.165) is 124 Å². The predicted octanol–water partition coefficient (Wildman–Crippen LogP) is 6.20. The van der Waals surface area contributed by atoms with Crippen molar-refractivity contribution < 1.29 is 50.8 Å². The van der Waals surface area contributed by atoms with Gasteiger partial charge in [0.1, 0.15) is 5.78 Å². The van der Waals surface area contributed by atoms with Gasteiger partial charge in [0.2, 0.25) is 0 Å². The molecule has 3 fully saturated rings. The van der Waals surface area contributed by atoms with Crippen LogP contribution in [0.2, 0.25) is 0 Å². The molecule has 6 heterocycles. The lowest BCUT2D eigenvalue weighted by Gasteiger charge is -2.46. The van der Waals surface area contributed by atoms with Crippen molar-refractivity contribution in [2.75, 3.05) is 45.9 Å². The molecule has 13 nitrogen and oxygen atoms in total. The maximum absolute atomic E-state index is 12.6. The van der Waals surface area contributed by atoms with E-state index >= 15 is 0 Å². The third-order valence-corrected chi connectivity index (χ3v) is 16.4. The first-order valence-electron chi connectivity index (χ1n) is 27.3. The lowest BCUT2D eigenvalue weighted by atomic mass is 9.78. The van der Waals surface area contributed by atoms with Gasteiger partial charge in [-0.2, -0.15) is 0 Å². The number of benzene rings is 3. The highest BCUT2D eigenvalue weighted by molar-refractivity contribution is 5.83. The molecule has 2 unspecified atom stereocenters.